The van der Waals surface area contributed by atoms with Crippen LogP contribution in [0.1, 0.15) is 63.8 Å². The first kappa shape index (κ1) is 25.1. The third-order valence-corrected chi connectivity index (χ3v) is 6.31. The third kappa shape index (κ3) is 5.34. The number of nitrogens with zero attached hydrogens (tertiary/aromatic N) is 2. The second-order valence-corrected chi connectivity index (χ2v) is 9.92. The first-order chi connectivity index (χ1) is 15.1. The van der Waals surface area contributed by atoms with E-state index >= 15 is 0 Å². The van der Waals surface area contributed by atoms with Crippen LogP contribution in [0.25, 0.3) is 0 Å². The Morgan fingerprint density at radius 1 is 1.36 bits per heavy atom. The van der Waals surface area contributed by atoms with Crippen molar-refractivity contribution < 1.29 is 37.3 Å². The minimum atomic E-state index is -4.68. The van der Waals surface area contributed by atoms with Crippen LogP contribution >= 0.6 is 0 Å². The second kappa shape index (κ2) is 8.66. The molecule has 2 aliphatic rings. The monoisotopic (exact) mass is 473 g/mol. The molecule has 2 heterocycles. The summed E-state index contributed by atoms with van der Waals surface area (Å²) in [5.74, 6) is -0.397. The fourth-order valence-electron chi connectivity index (χ4n) is 4.66. The van der Waals surface area contributed by atoms with E-state index in [-0.39, 0.29) is 41.9 Å². The fraction of sp³-hybridized carbons (Fsp3) is 0.682. The van der Waals surface area contributed by atoms with Crippen LogP contribution in [0.4, 0.5) is 18.0 Å². The number of carbonyl (C=O) groups excluding carboxylic acids is 2. The third-order valence-electron chi connectivity index (χ3n) is 6.31. The van der Waals surface area contributed by atoms with Gasteiger partial charge in [0.25, 0.3) is 0 Å². The van der Waals surface area contributed by atoms with Gasteiger partial charge in [-0.25, -0.2) is 4.79 Å². The maximum atomic E-state index is 13.5. The normalized spacial score (nSPS) is 24.2. The Morgan fingerprint density at radius 3 is 2.61 bits per heavy atom. The topological polar surface area (TPSA) is 106 Å². The Hall–Kier alpha value is -2.56. The maximum absolute atomic E-state index is 13.5. The summed E-state index contributed by atoms with van der Waals surface area (Å²) in [4.78, 5) is 27.0. The van der Waals surface area contributed by atoms with Crippen LogP contribution in [0, 0.1) is 10.6 Å². The van der Waals surface area contributed by atoms with Crippen LogP contribution in [0.15, 0.2) is 12.3 Å². The second-order valence-electron chi connectivity index (χ2n) is 9.92. The molecule has 3 atom stereocenters. The van der Waals surface area contributed by atoms with Crippen molar-refractivity contribution >= 4 is 12.0 Å². The van der Waals surface area contributed by atoms with Gasteiger partial charge < -0.3 is 25.3 Å². The Morgan fingerprint density at radius 2 is 2.03 bits per heavy atom. The van der Waals surface area contributed by atoms with Crippen molar-refractivity contribution in [1.29, 1.82) is 0 Å². The molecule has 3 unspecified atom stereocenters. The molecule has 0 radical (unpaired) electrons. The molecule has 2 amide bonds. The number of hydrogen-bond acceptors (Lipinski definition) is 5. The number of ether oxygens (including phenoxy) is 1. The average molecular weight is 473 g/mol. The number of pyridine rings is 1. The summed E-state index contributed by atoms with van der Waals surface area (Å²) in [6.45, 7) is 6.69. The fourth-order valence-corrected chi connectivity index (χ4v) is 4.66. The number of aliphatic hydroxyl groups excluding tert-OH is 1. The van der Waals surface area contributed by atoms with Crippen molar-refractivity contribution in [2.45, 2.75) is 83.8 Å². The molecule has 184 valence electrons. The number of aromatic nitrogens is 1. The predicted octanol–water partition coefficient (Wildman–Crippen LogP) is 2.67. The Bertz CT molecular complexity index is 929. The lowest BCUT2D eigenvalue weighted by molar-refractivity contribution is -0.616. The number of fused-ring (bicyclic) bond motifs is 1. The van der Waals surface area contributed by atoms with Crippen LogP contribution in [-0.4, -0.2) is 46.3 Å². The number of halogens is 3. The zero-order valence-electron chi connectivity index (χ0n) is 19.2. The largest absolute Gasteiger partial charge is 0.618 e. The number of alkyl carbamates (subject to hydrolysis) is 1. The van der Waals surface area contributed by atoms with Gasteiger partial charge in [0.1, 0.15) is 11.2 Å². The van der Waals surface area contributed by atoms with Gasteiger partial charge in [-0.2, -0.15) is 17.9 Å². The zero-order valence-corrected chi connectivity index (χ0v) is 19.2. The molecule has 1 aromatic rings. The Kier molecular flexibility index (Phi) is 6.58. The highest BCUT2D eigenvalue weighted by Crippen LogP contribution is 2.44. The SMILES string of the molecule is CC(O)C1(C(=O)N2CCc3c(cc(C(F)(F)F)c[n+]3[O-])C2)CCC(NC(=O)OC(C)(C)C)C1. The van der Waals surface area contributed by atoms with Crippen LogP contribution in [0.2, 0.25) is 0 Å². The molecule has 1 aliphatic heterocycles. The van der Waals surface area contributed by atoms with Gasteiger partial charge in [0.2, 0.25) is 5.91 Å². The highest BCUT2D eigenvalue weighted by atomic mass is 19.4. The number of nitrogens with one attached hydrogen (secondary N) is 1. The summed E-state index contributed by atoms with van der Waals surface area (Å²) in [7, 11) is 0. The number of aliphatic hydroxyl groups is 1. The molecule has 0 spiro atoms. The Balaban J connectivity index is 1.78. The van der Waals surface area contributed by atoms with E-state index in [2.05, 4.69) is 5.32 Å². The van der Waals surface area contributed by atoms with E-state index in [1.807, 2.05) is 0 Å². The molecule has 0 bridgehead atoms. The molecule has 8 nitrogen and oxygen atoms in total. The first-order valence-corrected chi connectivity index (χ1v) is 10.9. The lowest BCUT2D eigenvalue weighted by Gasteiger charge is -2.38. The molecule has 33 heavy (non-hydrogen) atoms. The molecule has 3 rings (SSSR count). The number of amides is 2. The highest BCUT2D eigenvalue weighted by molar-refractivity contribution is 5.84. The zero-order chi connectivity index (χ0) is 24.8. The quantitative estimate of drug-likeness (QED) is 0.519. The van der Waals surface area contributed by atoms with Crippen LogP contribution in [0.3, 0.4) is 0 Å². The summed E-state index contributed by atoms with van der Waals surface area (Å²) in [5, 5.41) is 25.4. The lowest BCUT2D eigenvalue weighted by Crippen LogP contribution is -2.52. The average Bonchev–Trinajstić information content (AvgIpc) is 3.09. The van der Waals surface area contributed by atoms with Crippen LogP contribution in [0.5, 0.6) is 0 Å². The summed E-state index contributed by atoms with van der Waals surface area (Å²) in [5.41, 5.74) is -2.60. The van der Waals surface area contributed by atoms with Crippen molar-refractivity contribution in [3.05, 3.63) is 34.3 Å². The molecule has 11 heteroatoms. The first-order valence-electron chi connectivity index (χ1n) is 10.9. The van der Waals surface area contributed by atoms with Crippen LogP contribution in [-0.2, 0) is 28.7 Å². The predicted molar refractivity (Wildman–Crippen MR) is 111 cm³/mol. The van der Waals surface area contributed by atoms with Gasteiger partial charge in [-0.1, -0.05) is 0 Å². The molecule has 1 aliphatic carbocycles. The summed E-state index contributed by atoms with van der Waals surface area (Å²) in [6.07, 6.45) is -4.79. The molecule has 2 N–H and O–H groups in total. The van der Waals surface area contributed by atoms with E-state index in [1.54, 1.807) is 20.8 Å². The minimum Gasteiger partial charge on any atom is -0.618 e. The smallest absolute Gasteiger partial charge is 0.422 e. The molecule has 0 aromatic carbocycles. The van der Waals surface area contributed by atoms with E-state index in [0.29, 0.717) is 19.0 Å². The number of rotatable bonds is 3. The molecule has 0 saturated heterocycles. The number of hydrogen-bond donors (Lipinski definition) is 2. The summed E-state index contributed by atoms with van der Waals surface area (Å²) < 4.78 is 44.9. The number of carbonyl (C=O) groups is 2. The highest BCUT2D eigenvalue weighted by Gasteiger charge is 2.51. The van der Waals surface area contributed by atoms with E-state index < -0.39 is 46.9 Å². The minimum absolute atomic E-state index is 0.109. The van der Waals surface area contributed by atoms with Crippen molar-refractivity contribution in [2.75, 3.05) is 6.54 Å². The molecular weight excluding hydrogens is 443 g/mol. The summed E-state index contributed by atoms with van der Waals surface area (Å²) >= 11 is 0. The molecule has 1 fully saturated rings. The Labute approximate surface area is 190 Å². The van der Waals surface area contributed by atoms with E-state index in [9.17, 15) is 33.1 Å². The van der Waals surface area contributed by atoms with Gasteiger partial charge in [0, 0.05) is 18.2 Å². The van der Waals surface area contributed by atoms with E-state index in [0.717, 1.165) is 6.07 Å². The molecule has 1 saturated carbocycles. The van der Waals surface area contributed by atoms with E-state index in [1.165, 1.54) is 11.8 Å². The van der Waals surface area contributed by atoms with Gasteiger partial charge in [-0.05, 0) is 53.0 Å². The lowest BCUT2D eigenvalue weighted by atomic mass is 9.78. The molecular formula is C22H30F3N3O5. The number of alkyl halides is 3. The van der Waals surface area contributed by atoms with Gasteiger partial charge in [-0.3, -0.25) is 4.79 Å². The summed E-state index contributed by atoms with van der Waals surface area (Å²) in [6, 6.07) is 0.510. The van der Waals surface area contributed by atoms with Crippen molar-refractivity contribution in [3.63, 3.8) is 0 Å². The van der Waals surface area contributed by atoms with Gasteiger partial charge in [-0.15, -0.1) is 0 Å². The maximum Gasteiger partial charge on any atom is 0.422 e. The van der Waals surface area contributed by atoms with Crippen molar-refractivity contribution in [2.24, 2.45) is 5.41 Å². The standard InChI is InChI=1S/C22H30F3N3O5/c1-13(29)21(7-5-16(10-21)26-19(31)33-20(2,3)4)18(30)27-8-6-17-14(11-27)9-15(12-28(17)32)22(23,24)25/h9,12-13,16,29H,5-8,10-11H2,1-4H3,(H,26,31). The van der Waals surface area contributed by atoms with Crippen molar-refractivity contribution in [1.82, 2.24) is 10.2 Å². The van der Waals surface area contributed by atoms with Crippen LogP contribution < -0.4 is 10.0 Å². The molecule has 1 aromatic heterocycles. The van der Waals surface area contributed by atoms with Gasteiger partial charge in [0.15, 0.2) is 11.9 Å². The van der Waals surface area contributed by atoms with Gasteiger partial charge >= 0.3 is 12.3 Å². The van der Waals surface area contributed by atoms with E-state index in [4.69, 9.17) is 4.74 Å². The van der Waals surface area contributed by atoms with Crippen molar-refractivity contribution in [3.8, 4) is 0 Å². The van der Waals surface area contributed by atoms with Gasteiger partial charge in [0.05, 0.1) is 24.5 Å².